The van der Waals surface area contributed by atoms with Gasteiger partial charge in [-0.05, 0) is 41.5 Å². The van der Waals surface area contributed by atoms with Crippen LogP contribution in [0.25, 0.3) is 0 Å². The number of nitrogens with zero attached hydrogens (tertiary/aromatic N) is 2. The zero-order chi connectivity index (χ0) is 25.0. The van der Waals surface area contributed by atoms with Crippen LogP contribution >= 0.6 is 0 Å². The number of quaternary nitrogens is 1. The molecule has 1 atom stereocenters. The third-order valence-corrected chi connectivity index (χ3v) is 7.88. The zero-order valence-corrected chi connectivity index (χ0v) is 22.8. The molecule has 0 radical (unpaired) electrons. The normalized spacial score (nSPS) is 22.1. The molecule has 37 heavy (non-hydrogen) atoms. The summed E-state index contributed by atoms with van der Waals surface area (Å²) in [4.78, 5) is 15.2. The van der Waals surface area contributed by atoms with Crippen LogP contribution in [0.5, 0.6) is 5.75 Å². The number of piperidine rings is 3. The fraction of sp³-hybridized carbons (Fsp3) is 0.367. The molecule has 196 valence electrons. The summed E-state index contributed by atoms with van der Waals surface area (Å²) in [7, 11) is 1.72. The van der Waals surface area contributed by atoms with Crippen molar-refractivity contribution in [2.24, 2.45) is 5.92 Å². The first-order chi connectivity index (χ1) is 17.5. The van der Waals surface area contributed by atoms with Gasteiger partial charge in [0.25, 0.3) is 0 Å². The summed E-state index contributed by atoms with van der Waals surface area (Å²) in [5, 5.41) is 0. The summed E-state index contributed by atoms with van der Waals surface area (Å²) in [6.07, 6.45) is 2.65. The molecule has 3 aliphatic heterocycles. The number of halogens is 2. The molecule has 7 heteroatoms. The van der Waals surface area contributed by atoms with Gasteiger partial charge in [-0.1, -0.05) is 48.5 Å². The minimum atomic E-state index is -0.341. The number of carbonyl (C=O) groups excluding carboxylic acids is 1. The summed E-state index contributed by atoms with van der Waals surface area (Å²) in [5.41, 5.74) is 2.85. The van der Waals surface area contributed by atoms with Gasteiger partial charge in [0.15, 0.2) is 6.10 Å². The van der Waals surface area contributed by atoms with Crippen LogP contribution in [0.3, 0.4) is 0 Å². The zero-order valence-electron chi connectivity index (χ0n) is 21.2. The van der Waals surface area contributed by atoms with Crippen molar-refractivity contribution in [1.82, 2.24) is 0 Å². The highest BCUT2D eigenvalue weighted by Gasteiger charge is 2.47. The average molecular weight is 570 g/mol. The van der Waals surface area contributed by atoms with Gasteiger partial charge >= 0.3 is 6.09 Å². The molecule has 3 aromatic rings. The van der Waals surface area contributed by atoms with Crippen LogP contribution in [-0.4, -0.2) is 50.0 Å². The van der Waals surface area contributed by atoms with E-state index < -0.39 is 0 Å². The smallest absolute Gasteiger partial charge is 0.415 e. The number of ether oxygens (including phenoxy) is 2. The Balaban J connectivity index is 0.00000320. The first-order valence-corrected chi connectivity index (χ1v) is 12.8. The average Bonchev–Trinajstić information content (AvgIpc) is 2.93. The largest absolute Gasteiger partial charge is 1.00 e. The number of anilines is 1. The lowest BCUT2D eigenvalue weighted by molar-refractivity contribution is -0.945. The molecule has 0 N–H and O–H groups in total. The van der Waals surface area contributed by atoms with E-state index in [9.17, 15) is 9.18 Å². The van der Waals surface area contributed by atoms with Crippen molar-refractivity contribution >= 4 is 11.8 Å². The minimum absolute atomic E-state index is 0. The van der Waals surface area contributed by atoms with Crippen molar-refractivity contribution in [3.05, 3.63) is 95.8 Å². The van der Waals surface area contributed by atoms with Gasteiger partial charge in [-0.2, -0.15) is 0 Å². The van der Waals surface area contributed by atoms with E-state index in [4.69, 9.17) is 9.47 Å². The topological polar surface area (TPSA) is 38.8 Å². The highest BCUT2D eigenvalue weighted by atomic mass is 79.9. The third kappa shape index (κ3) is 6.33. The van der Waals surface area contributed by atoms with Gasteiger partial charge in [0.05, 0.1) is 33.3 Å². The van der Waals surface area contributed by atoms with Gasteiger partial charge in [0, 0.05) is 30.9 Å². The maximum Gasteiger partial charge on any atom is 0.415 e. The number of rotatable bonds is 8. The molecule has 5 nitrogen and oxygen atoms in total. The Morgan fingerprint density at radius 3 is 2.35 bits per heavy atom. The number of amides is 1. The van der Waals surface area contributed by atoms with E-state index in [1.165, 1.54) is 17.7 Å². The Morgan fingerprint density at radius 2 is 1.65 bits per heavy atom. The molecule has 3 fully saturated rings. The van der Waals surface area contributed by atoms with Crippen LogP contribution in [0.1, 0.15) is 24.0 Å². The van der Waals surface area contributed by atoms with Gasteiger partial charge in [0.2, 0.25) is 0 Å². The standard InChI is InChI=1S/C30H34FN2O3.BrH/c1-35-28-10-6-5-7-24(28)15-18-33-19-16-25(17-20-33)29(22-33)36-30(34)32(27-8-3-2-4-9-27)21-23-11-13-26(31)14-12-23;/h2-14,25,29H,15-22H2,1H3;1H/q+1;/p-1/t25?,29-,33?;/m0./s1. The summed E-state index contributed by atoms with van der Waals surface area (Å²) in [6, 6.07) is 24.0. The molecule has 6 rings (SSSR count). The molecule has 1 amide bonds. The van der Waals surface area contributed by atoms with E-state index in [1.807, 2.05) is 42.5 Å². The molecule has 0 unspecified atom stereocenters. The van der Waals surface area contributed by atoms with E-state index in [0.717, 1.165) is 66.9 Å². The molecule has 0 aromatic heterocycles. The molecule has 3 aliphatic rings. The Hall–Kier alpha value is -2.90. The maximum atomic E-state index is 13.5. The molecular weight excluding hydrogens is 535 g/mol. The highest BCUT2D eigenvalue weighted by molar-refractivity contribution is 5.87. The van der Waals surface area contributed by atoms with Crippen molar-refractivity contribution in [1.29, 1.82) is 0 Å². The van der Waals surface area contributed by atoms with Crippen LogP contribution in [0, 0.1) is 11.7 Å². The molecular formula is C30H34BrFN2O3. The first kappa shape index (κ1) is 27.1. The molecule has 3 heterocycles. The second-order valence-corrected chi connectivity index (χ2v) is 10.1. The summed E-state index contributed by atoms with van der Waals surface area (Å²) >= 11 is 0. The van der Waals surface area contributed by atoms with E-state index in [-0.39, 0.29) is 35.0 Å². The van der Waals surface area contributed by atoms with Crippen molar-refractivity contribution < 1.29 is 40.1 Å². The van der Waals surface area contributed by atoms with Crippen molar-refractivity contribution in [3.8, 4) is 5.75 Å². The number of hydrogen-bond donors (Lipinski definition) is 0. The summed E-state index contributed by atoms with van der Waals surface area (Å²) in [6.45, 7) is 4.45. The fourth-order valence-corrected chi connectivity index (χ4v) is 5.77. The third-order valence-electron chi connectivity index (χ3n) is 7.88. The van der Waals surface area contributed by atoms with E-state index >= 15 is 0 Å². The van der Waals surface area contributed by atoms with Gasteiger partial charge in [-0.25, -0.2) is 9.18 Å². The number of methoxy groups -OCH3 is 1. The minimum Gasteiger partial charge on any atom is -1.00 e. The Bertz CT molecular complexity index is 1170. The molecule has 3 aromatic carbocycles. The Kier molecular flexibility index (Phi) is 8.87. The maximum absolute atomic E-state index is 13.5. The summed E-state index contributed by atoms with van der Waals surface area (Å²) < 4.78 is 26.2. The SMILES string of the molecule is COc1ccccc1CC[N+]12CCC(CC1)[C@@H](OC(=O)N(Cc1ccc(F)cc1)c1ccccc1)C2.[Br-]. The number of carbonyl (C=O) groups is 1. The molecule has 2 bridgehead atoms. The number of fused-ring (bicyclic) bond motifs is 3. The number of para-hydroxylation sites is 2. The van der Waals surface area contributed by atoms with Gasteiger partial charge < -0.3 is 30.9 Å². The van der Waals surface area contributed by atoms with Gasteiger partial charge in [-0.15, -0.1) is 0 Å². The monoisotopic (exact) mass is 568 g/mol. The molecule has 0 saturated carbocycles. The predicted molar refractivity (Wildman–Crippen MR) is 138 cm³/mol. The fourth-order valence-electron chi connectivity index (χ4n) is 5.77. The van der Waals surface area contributed by atoms with Crippen LogP contribution in [0.15, 0.2) is 78.9 Å². The number of benzene rings is 3. The van der Waals surface area contributed by atoms with Crippen molar-refractivity contribution in [2.45, 2.75) is 31.9 Å². The van der Waals surface area contributed by atoms with Crippen LogP contribution in [0.4, 0.5) is 14.9 Å². The predicted octanol–water partition coefficient (Wildman–Crippen LogP) is 2.83. The first-order valence-electron chi connectivity index (χ1n) is 12.8. The van der Waals surface area contributed by atoms with Crippen LogP contribution in [-0.2, 0) is 17.7 Å². The van der Waals surface area contributed by atoms with Crippen molar-refractivity contribution in [3.63, 3.8) is 0 Å². The van der Waals surface area contributed by atoms with E-state index in [2.05, 4.69) is 12.1 Å². The quantitative estimate of drug-likeness (QED) is 0.392. The molecule has 3 saturated heterocycles. The second-order valence-electron chi connectivity index (χ2n) is 10.1. The van der Waals surface area contributed by atoms with E-state index in [1.54, 1.807) is 24.1 Å². The second kappa shape index (κ2) is 12.1. The Morgan fingerprint density at radius 1 is 0.973 bits per heavy atom. The van der Waals surface area contributed by atoms with Gasteiger partial charge in [0.1, 0.15) is 18.1 Å². The summed E-state index contributed by atoms with van der Waals surface area (Å²) in [5.74, 6) is 1.05. The van der Waals surface area contributed by atoms with Gasteiger partial charge in [-0.3, -0.25) is 4.90 Å². The lowest BCUT2D eigenvalue weighted by Gasteiger charge is -2.52. The Labute approximate surface area is 229 Å². The molecule has 0 spiro atoms. The lowest BCUT2D eigenvalue weighted by atomic mass is 9.83. The highest BCUT2D eigenvalue weighted by Crippen LogP contribution is 2.37. The molecule has 0 aliphatic carbocycles. The van der Waals surface area contributed by atoms with Crippen molar-refractivity contribution in [2.75, 3.05) is 38.2 Å². The van der Waals surface area contributed by atoms with Crippen LogP contribution < -0.4 is 26.6 Å². The van der Waals surface area contributed by atoms with E-state index in [0.29, 0.717) is 12.5 Å². The lowest BCUT2D eigenvalue weighted by Crippen LogP contribution is -3.00. The van der Waals surface area contributed by atoms with Crippen LogP contribution in [0.2, 0.25) is 0 Å². The number of hydrogen-bond acceptors (Lipinski definition) is 3.